The number of ether oxygens (including phenoxy) is 1. The van der Waals surface area contributed by atoms with Gasteiger partial charge in [0.25, 0.3) is 0 Å². The zero-order valence-corrected chi connectivity index (χ0v) is 13.4. The van der Waals surface area contributed by atoms with Crippen molar-refractivity contribution in [3.63, 3.8) is 0 Å². The van der Waals surface area contributed by atoms with Crippen molar-refractivity contribution in [1.29, 1.82) is 0 Å². The van der Waals surface area contributed by atoms with Crippen LogP contribution in [0.2, 0.25) is 0 Å². The van der Waals surface area contributed by atoms with Gasteiger partial charge in [-0.25, -0.2) is 4.79 Å². The largest absolute Gasteiger partial charge is 0.469 e. The van der Waals surface area contributed by atoms with Gasteiger partial charge in [-0.15, -0.1) is 0 Å². The van der Waals surface area contributed by atoms with E-state index in [1.807, 2.05) is 0 Å². The summed E-state index contributed by atoms with van der Waals surface area (Å²) in [5.41, 5.74) is 5.42. The van der Waals surface area contributed by atoms with Crippen LogP contribution in [0.5, 0.6) is 0 Å². The second-order valence-corrected chi connectivity index (χ2v) is 6.29. The molecule has 1 saturated heterocycles. The Labute approximate surface area is 127 Å². The molecule has 2 atom stereocenters. The molecule has 1 rings (SSSR count). The van der Waals surface area contributed by atoms with Crippen LogP contribution in [-0.4, -0.2) is 49.7 Å². The van der Waals surface area contributed by atoms with Crippen LogP contribution in [0.15, 0.2) is 0 Å². The van der Waals surface area contributed by atoms with Crippen molar-refractivity contribution < 1.29 is 14.3 Å². The van der Waals surface area contributed by atoms with Gasteiger partial charge >= 0.3 is 12.0 Å². The van der Waals surface area contributed by atoms with E-state index in [9.17, 15) is 9.59 Å². The highest BCUT2D eigenvalue weighted by molar-refractivity contribution is 5.72. The Morgan fingerprint density at radius 3 is 2.67 bits per heavy atom. The van der Waals surface area contributed by atoms with E-state index in [2.05, 4.69) is 23.9 Å². The molecule has 3 N–H and O–H groups in total. The van der Waals surface area contributed by atoms with Gasteiger partial charge in [0.15, 0.2) is 0 Å². The standard InChI is InChI=1S/C15H29N3O3/c1-11(2)6-7-17-13-8-12(4-5-14(19)21-3)9-18(10-13)15(16)20/h11-13,17H,4-10H2,1-3H3,(H2,16,20). The first-order chi connectivity index (χ1) is 9.92. The lowest BCUT2D eigenvalue weighted by Gasteiger charge is -2.37. The predicted molar refractivity (Wildman–Crippen MR) is 81.8 cm³/mol. The number of hydrogen-bond acceptors (Lipinski definition) is 4. The number of primary amides is 1. The normalized spacial score (nSPS) is 22.4. The van der Waals surface area contributed by atoms with Gasteiger partial charge in [0.05, 0.1) is 7.11 Å². The molecule has 0 bridgehead atoms. The second kappa shape index (κ2) is 8.87. The molecule has 2 amide bonds. The Morgan fingerprint density at radius 2 is 2.10 bits per heavy atom. The first-order valence-corrected chi connectivity index (χ1v) is 7.77. The lowest BCUT2D eigenvalue weighted by atomic mass is 9.90. The minimum Gasteiger partial charge on any atom is -0.469 e. The molecule has 1 fully saturated rings. The molecule has 1 aliphatic heterocycles. The van der Waals surface area contributed by atoms with E-state index in [0.29, 0.717) is 31.3 Å². The SMILES string of the molecule is COC(=O)CCC1CC(NCCC(C)C)CN(C(N)=O)C1. The molecule has 0 radical (unpaired) electrons. The third-order valence-electron chi connectivity index (χ3n) is 3.99. The highest BCUT2D eigenvalue weighted by Gasteiger charge is 2.29. The summed E-state index contributed by atoms with van der Waals surface area (Å²) in [5.74, 6) is 0.751. The number of rotatable bonds is 7. The molecule has 0 saturated carbocycles. The summed E-state index contributed by atoms with van der Waals surface area (Å²) in [6.45, 7) is 6.62. The number of carbonyl (C=O) groups is 2. The lowest BCUT2D eigenvalue weighted by Crippen LogP contribution is -2.53. The Bertz CT molecular complexity index is 347. The van der Waals surface area contributed by atoms with Crippen LogP contribution in [-0.2, 0) is 9.53 Å². The maximum atomic E-state index is 11.5. The topological polar surface area (TPSA) is 84.7 Å². The number of nitrogens with two attached hydrogens (primary N) is 1. The molecule has 6 nitrogen and oxygen atoms in total. The molecule has 0 spiro atoms. The molecule has 1 heterocycles. The van der Waals surface area contributed by atoms with Gasteiger partial charge in [-0.2, -0.15) is 0 Å². The molecular formula is C15H29N3O3. The van der Waals surface area contributed by atoms with E-state index < -0.39 is 0 Å². The van der Waals surface area contributed by atoms with Crippen LogP contribution < -0.4 is 11.1 Å². The fourth-order valence-corrected chi connectivity index (χ4v) is 2.74. The Kier molecular flexibility index (Phi) is 7.50. The smallest absolute Gasteiger partial charge is 0.314 e. The van der Waals surface area contributed by atoms with E-state index in [4.69, 9.17) is 5.73 Å². The van der Waals surface area contributed by atoms with Crippen LogP contribution in [0.25, 0.3) is 0 Å². The van der Waals surface area contributed by atoms with Crippen molar-refractivity contribution in [3.05, 3.63) is 0 Å². The van der Waals surface area contributed by atoms with Crippen molar-refractivity contribution in [2.24, 2.45) is 17.6 Å². The number of likely N-dealkylation sites (tertiary alicyclic amines) is 1. The summed E-state index contributed by atoms with van der Waals surface area (Å²) >= 11 is 0. The monoisotopic (exact) mass is 299 g/mol. The average molecular weight is 299 g/mol. The predicted octanol–water partition coefficient (Wildman–Crippen LogP) is 1.34. The molecule has 0 aromatic rings. The fourth-order valence-electron chi connectivity index (χ4n) is 2.74. The molecule has 2 unspecified atom stereocenters. The number of nitrogens with zero attached hydrogens (tertiary/aromatic N) is 1. The highest BCUT2D eigenvalue weighted by Crippen LogP contribution is 2.21. The number of nitrogens with one attached hydrogen (secondary N) is 1. The van der Waals surface area contributed by atoms with Gasteiger partial charge in [-0.1, -0.05) is 13.8 Å². The minimum absolute atomic E-state index is 0.199. The maximum absolute atomic E-state index is 11.5. The zero-order chi connectivity index (χ0) is 15.8. The fraction of sp³-hybridized carbons (Fsp3) is 0.867. The van der Waals surface area contributed by atoms with Gasteiger partial charge in [0, 0.05) is 25.6 Å². The number of amides is 2. The number of esters is 1. The van der Waals surface area contributed by atoms with E-state index in [0.717, 1.165) is 25.8 Å². The van der Waals surface area contributed by atoms with Gasteiger partial charge < -0.3 is 20.7 Å². The summed E-state index contributed by atoms with van der Waals surface area (Å²) in [6, 6.07) is -0.124. The Balaban J connectivity index is 2.47. The van der Waals surface area contributed by atoms with Gasteiger partial charge in [-0.3, -0.25) is 4.79 Å². The molecule has 122 valence electrons. The average Bonchev–Trinajstić information content (AvgIpc) is 2.44. The Morgan fingerprint density at radius 1 is 1.38 bits per heavy atom. The molecular weight excluding hydrogens is 270 g/mol. The van der Waals surface area contributed by atoms with Crippen molar-refractivity contribution in [1.82, 2.24) is 10.2 Å². The quantitative estimate of drug-likeness (QED) is 0.695. The van der Waals surface area contributed by atoms with E-state index in [-0.39, 0.29) is 18.0 Å². The van der Waals surface area contributed by atoms with Gasteiger partial charge in [0.1, 0.15) is 0 Å². The second-order valence-electron chi connectivity index (χ2n) is 6.29. The summed E-state index contributed by atoms with van der Waals surface area (Å²) in [6.07, 6.45) is 3.21. The maximum Gasteiger partial charge on any atom is 0.314 e. The minimum atomic E-state index is -0.381. The summed E-state index contributed by atoms with van der Waals surface area (Å²) in [4.78, 5) is 24.4. The summed E-state index contributed by atoms with van der Waals surface area (Å²) < 4.78 is 4.67. The van der Waals surface area contributed by atoms with Crippen LogP contribution in [0, 0.1) is 11.8 Å². The van der Waals surface area contributed by atoms with Crippen molar-refractivity contribution in [2.45, 2.75) is 45.6 Å². The molecule has 21 heavy (non-hydrogen) atoms. The van der Waals surface area contributed by atoms with E-state index in [1.165, 1.54) is 7.11 Å². The highest BCUT2D eigenvalue weighted by atomic mass is 16.5. The first kappa shape index (κ1) is 17.8. The van der Waals surface area contributed by atoms with Crippen molar-refractivity contribution in [3.8, 4) is 0 Å². The molecule has 6 heteroatoms. The number of methoxy groups -OCH3 is 1. The van der Waals surface area contributed by atoms with E-state index >= 15 is 0 Å². The number of piperidine rings is 1. The first-order valence-electron chi connectivity index (χ1n) is 7.77. The van der Waals surface area contributed by atoms with Crippen LogP contribution in [0.1, 0.15) is 39.5 Å². The van der Waals surface area contributed by atoms with Gasteiger partial charge in [-0.05, 0) is 37.6 Å². The lowest BCUT2D eigenvalue weighted by molar-refractivity contribution is -0.141. The molecule has 0 aliphatic carbocycles. The van der Waals surface area contributed by atoms with Crippen LogP contribution in [0.4, 0.5) is 4.79 Å². The van der Waals surface area contributed by atoms with Crippen molar-refractivity contribution >= 4 is 12.0 Å². The summed E-state index contributed by atoms with van der Waals surface area (Å²) in [5, 5.41) is 3.50. The Hall–Kier alpha value is -1.30. The number of urea groups is 1. The van der Waals surface area contributed by atoms with E-state index in [1.54, 1.807) is 4.90 Å². The number of hydrogen-bond donors (Lipinski definition) is 2. The summed E-state index contributed by atoms with van der Waals surface area (Å²) in [7, 11) is 1.40. The van der Waals surface area contributed by atoms with Crippen LogP contribution in [0.3, 0.4) is 0 Å². The van der Waals surface area contributed by atoms with Gasteiger partial charge in [0.2, 0.25) is 0 Å². The third kappa shape index (κ3) is 6.80. The zero-order valence-electron chi connectivity index (χ0n) is 13.4. The molecule has 0 aromatic heterocycles. The molecule has 1 aliphatic rings. The third-order valence-corrected chi connectivity index (χ3v) is 3.99. The molecule has 0 aromatic carbocycles. The van der Waals surface area contributed by atoms with Crippen molar-refractivity contribution in [2.75, 3.05) is 26.7 Å². The van der Waals surface area contributed by atoms with Crippen LogP contribution >= 0.6 is 0 Å². The number of carbonyl (C=O) groups excluding carboxylic acids is 2.